The second-order valence-corrected chi connectivity index (χ2v) is 6.86. The highest BCUT2D eigenvalue weighted by Crippen LogP contribution is 2.43. The van der Waals surface area contributed by atoms with Crippen molar-refractivity contribution in [1.82, 2.24) is 0 Å². The van der Waals surface area contributed by atoms with Gasteiger partial charge in [-0.2, -0.15) is 26.3 Å². The van der Waals surface area contributed by atoms with Crippen LogP contribution in [0.1, 0.15) is 64.2 Å². The average Bonchev–Trinajstić information content (AvgIpc) is 2.47. The van der Waals surface area contributed by atoms with Gasteiger partial charge in [-0.25, -0.2) is 0 Å². The third-order valence-electron chi connectivity index (χ3n) is 5.09. The van der Waals surface area contributed by atoms with Crippen LogP contribution in [0.5, 0.6) is 0 Å². The zero-order chi connectivity index (χ0) is 17.1. The van der Waals surface area contributed by atoms with Gasteiger partial charge >= 0.3 is 12.4 Å². The van der Waals surface area contributed by atoms with Gasteiger partial charge in [0.15, 0.2) is 12.2 Å². The molecular weight excluding hydrogens is 322 g/mol. The Hall–Kier alpha value is -0.460. The third-order valence-corrected chi connectivity index (χ3v) is 5.09. The van der Waals surface area contributed by atoms with Gasteiger partial charge < -0.3 is 4.74 Å². The summed E-state index contributed by atoms with van der Waals surface area (Å²) in [6.45, 7) is 0. The molecule has 0 heterocycles. The molecule has 0 radical (unpaired) electrons. The van der Waals surface area contributed by atoms with Crippen LogP contribution in [0, 0.1) is 11.8 Å². The van der Waals surface area contributed by atoms with Crippen LogP contribution in [-0.2, 0) is 4.74 Å². The molecule has 0 bridgehead atoms. The predicted molar refractivity (Wildman–Crippen MR) is 73.9 cm³/mol. The van der Waals surface area contributed by atoms with Crippen molar-refractivity contribution in [2.45, 2.75) is 88.8 Å². The zero-order valence-corrected chi connectivity index (χ0v) is 13.1. The summed E-state index contributed by atoms with van der Waals surface area (Å²) >= 11 is 0. The number of rotatable bonds is 4. The number of ether oxygens (including phenoxy) is 1. The molecule has 136 valence electrons. The molecule has 0 aromatic carbocycles. The summed E-state index contributed by atoms with van der Waals surface area (Å²) in [5.74, 6) is -1.70. The van der Waals surface area contributed by atoms with Gasteiger partial charge in [0.25, 0.3) is 0 Å². The van der Waals surface area contributed by atoms with Crippen molar-refractivity contribution in [3.63, 3.8) is 0 Å². The lowest BCUT2D eigenvalue weighted by molar-refractivity contribution is -0.309. The molecule has 0 aliphatic heterocycles. The maximum atomic E-state index is 13.3. The summed E-state index contributed by atoms with van der Waals surface area (Å²) in [5.41, 5.74) is 0. The highest BCUT2D eigenvalue weighted by molar-refractivity contribution is 4.86. The van der Waals surface area contributed by atoms with Crippen LogP contribution in [0.2, 0.25) is 0 Å². The maximum absolute atomic E-state index is 13.3. The fraction of sp³-hybridized carbons (Fsp3) is 1.00. The quantitative estimate of drug-likeness (QED) is 0.565. The fourth-order valence-electron chi connectivity index (χ4n) is 3.94. The van der Waals surface area contributed by atoms with Crippen molar-refractivity contribution in [3.8, 4) is 0 Å². The Kier molecular flexibility index (Phi) is 6.25. The largest absolute Gasteiger partial charge is 0.414 e. The van der Waals surface area contributed by atoms with Crippen LogP contribution in [-0.4, -0.2) is 24.6 Å². The van der Waals surface area contributed by atoms with Crippen molar-refractivity contribution >= 4 is 0 Å². The van der Waals surface area contributed by atoms with E-state index in [0.717, 1.165) is 12.8 Å². The van der Waals surface area contributed by atoms with E-state index in [1.54, 1.807) is 0 Å². The summed E-state index contributed by atoms with van der Waals surface area (Å²) in [6.07, 6.45) is -8.74. The van der Waals surface area contributed by atoms with Gasteiger partial charge in [0.05, 0.1) is 0 Å². The Morgan fingerprint density at radius 1 is 0.565 bits per heavy atom. The molecule has 0 N–H and O–H groups in total. The van der Waals surface area contributed by atoms with Gasteiger partial charge in [0, 0.05) is 0 Å². The van der Waals surface area contributed by atoms with E-state index in [9.17, 15) is 26.3 Å². The van der Waals surface area contributed by atoms with E-state index in [-0.39, 0.29) is 0 Å². The van der Waals surface area contributed by atoms with E-state index in [4.69, 9.17) is 4.74 Å². The van der Waals surface area contributed by atoms with E-state index in [2.05, 4.69) is 0 Å². The molecule has 0 spiro atoms. The highest BCUT2D eigenvalue weighted by Gasteiger charge is 2.53. The fourth-order valence-corrected chi connectivity index (χ4v) is 3.94. The first-order valence-electron chi connectivity index (χ1n) is 8.48. The molecule has 2 unspecified atom stereocenters. The van der Waals surface area contributed by atoms with Crippen LogP contribution in [0.3, 0.4) is 0 Å². The predicted octanol–water partition coefficient (Wildman–Crippen LogP) is 6.03. The van der Waals surface area contributed by atoms with Gasteiger partial charge in [0.1, 0.15) is 0 Å². The molecule has 7 heteroatoms. The van der Waals surface area contributed by atoms with Crippen LogP contribution in [0.4, 0.5) is 26.3 Å². The van der Waals surface area contributed by atoms with Crippen LogP contribution < -0.4 is 0 Å². The van der Waals surface area contributed by atoms with E-state index < -0.39 is 36.4 Å². The lowest BCUT2D eigenvalue weighted by atomic mass is 9.83. The van der Waals surface area contributed by atoms with E-state index in [1.807, 2.05) is 0 Å². The van der Waals surface area contributed by atoms with Crippen LogP contribution >= 0.6 is 0 Å². The van der Waals surface area contributed by atoms with Gasteiger partial charge in [-0.1, -0.05) is 38.5 Å². The summed E-state index contributed by atoms with van der Waals surface area (Å²) in [7, 11) is 0. The minimum absolute atomic E-state index is 0.291. The van der Waals surface area contributed by atoms with Gasteiger partial charge in [-0.3, -0.25) is 0 Å². The second-order valence-electron chi connectivity index (χ2n) is 6.86. The van der Waals surface area contributed by atoms with E-state index in [0.29, 0.717) is 51.4 Å². The van der Waals surface area contributed by atoms with Crippen LogP contribution in [0.15, 0.2) is 0 Å². The second kappa shape index (κ2) is 7.62. The van der Waals surface area contributed by atoms with Crippen molar-refractivity contribution < 1.29 is 31.1 Å². The molecule has 2 aliphatic carbocycles. The Morgan fingerprint density at radius 2 is 0.870 bits per heavy atom. The summed E-state index contributed by atoms with van der Waals surface area (Å²) in [6, 6.07) is 0. The Morgan fingerprint density at radius 3 is 1.13 bits per heavy atom. The van der Waals surface area contributed by atoms with Crippen molar-refractivity contribution in [2.75, 3.05) is 0 Å². The lowest BCUT2D eigenvalue weighted by Gasteiger charge is -2.38. The van der Waals surface area contributed by atoms with Gasteiger partial charge in [-0.15, -0.1) is 0 Å². The molecule has 0 aromatic rings. The molecule has 0 aromatic heterocycles. The molecule has 0 saturated heterocycles. The normalized spacial score (nSPS) is 25.3. The van der Waals surface area contributed by atoms with Crippen molar-refractivity contribution in [3.05, 3.63) is 0 Å². The van der Waals surface area contributed by atoms with Crippen molar-refractivity contribution in [2.24, 2.45) is 11.8 Å². The Bertz CT molecular complexity index is 319. The topological polar surface area (TPSA) is 9.23 Å². The SMILES string of the molecule is FC(F)(F)C(OC(C1CCCCC1)C(F)(F)F)C1CCCCC1. The first-order valence-corrected chi connectivity index (χ1v) is 8.48. The number of alkyl halides is 6. The Labute approximate surface area is 132 Å². The summed E-state index contributed by atoms with van der Waals surface area (Å²) in [4.78, 5) is 0. The number of hydrogen-bond donors (Lipinski definition) is 0. The minimum Gasteiger partial charge on any atom is -0.356 e. The minimum atomic E-state index is -4.75. The third kappa shape index (κ3) is 5.26. The first-order chi connectivity index (χ1) is 10.7. The molecule has 0 amide bonds. The Balaban J connectivity index is 2.15. The first kappa shape index (κ1) is 18.9. The molecule has 23 heavy (non-hydrogen) atoms. The molecule has 2 fully saturated rings. The molecule has 2 aliphatic rings. The van der Waals surface area contributed by atoms with E-state index >= 15 is 0 Å². The molecular formula is C16H24F6O. The summed E-state index contributed by atoms with van der Waals surface area (Å²) < 4.78 is 84.8. The average molecular weight is 346 g/mol. The molecule has 2 saturated carbocycles. The highest BCUT2D eigenvalue weighted by atomic mass is 19.4. The standard InChI is InChI=1S/C16H24F6O/c17-15(18,19)13(11-7-3-1-4-8-11)23-14(16(20,21)22)12-9-5-2-6-10-12/h11-14H,1-10H2. The van der Waals surface area contributed by atoms with Gasteiger partial charge in [-0.05, 0) is 37.5 Å². The monoisotopic (exact) mass is 346 g/mol. The number of hydrogen-bond acceptors (Lipinski definition) is 1. The van der Waals surface area contributed by atoms with Gasteiger partial charge in [0.2, 0.25) is 0 Å². The lowest BCUT2D eigenvalue weighted by Crippen LogP contribution is -2.48. The zero-order valence-electron chi connectivity index (χ0n) is 13.1. The maximum Gasteiger partial charge on any atom is 0.414 e. The summed E-state index contributed by atoms with van der Waals surface area (Å²) in [5, 5.41) is 0. The number of halogens is 6. The van der Waals surface area contributed by atoms with Crippen LogP contribution in [0.25, 0.3) is 0 Å². The molecule has 1 nitrogen and oxygen atoms in total. The van der Waals surface area contributed by atoms with E-state index in [1.165, 1.54) is 0 Å². The van der Waals surface area contributed by atoms with Crippen molar-refractivity contribution in [1.29, 1.82) is 0 Å². The molecule has 2 rings (SSSR count). The molecule has 2 atom stereocenters. The smallest absolute Gasteiger partial charge is 0.356 e.